The van der Waals surface area contributed by atoms with Gasteiger partial charge >= 0.3 is 5.97 Å². The fourth-order valence-corrected chi connectivity index (χ4v) is 4.62. The van der Waals surface area contributed by atoms with Gasteiger partial charge in [0.05, 0.1) is 12.3 Å². The number of carboxylic acid groups (broad SMARTS) is 1. The quantitative estimate of drug-likeness (QED) is 0.608. The van der Waals surface area contributed by atoms with Crippen molar-refractivity contribution in [2.75, 3.05) is 18.4 Å². The number of hydrogen-bond donors (Lipinski definition) is 2. The van der Waals surface area contributed by atoms with Crippen LogP contribution in [0.2, 0.25) is 0 Å². The van der Waals surface area contributed by atoms with E-state index in [4.69, 9.17) is 14.6 Å². The standard InChI is InChI=1S/C20H26N2O3.CH2O2/c23-18-13-17(20(25-18)8-1-2-9-20)19(24)21-16-7-5-6-15(12-16)14-22-10-3-4-11-22;2-1-3/h5-7,12,17H,1-4,8-11,13-14H2,(H,21,24);1H,(H,2,3). The topological polar surface area (TPSA) is 95.9 Å². The number of carbonyl (C=O) groups is 3. The Bertz CT molecular complexity index is 709. The van der Waals surface area contributed by atoms with Gasteiger partial charge in [0, 0.05) is 12.2 Å². The molecule has 1 aromatic carbocycles. The third-order valence-electron chi connectivity index (χ3n) is 5.89. The molecule has 1 saturated carbocycles. The van der Waals surface area contributed by atoms with E-state index in [-0.39, 0.29) is 30.7 Å². The second-order valence-electron chi connectivity index (χ2n) is 7.78. The predicted molar refractivity (Wildman–Crippen MR) is 104 cm³/mol. The van der Waals surface area contributed by atoms with Crippen molar-refractivity contribution in [3.8, 4) is 0 Å². The second kappa shape index (κ2) is 9.19. The van der Waals surface area contributed by atoms with E-state index in [1.807, 2.05) is 12.1 Å². The van der Waals surface area contributed by atoms with E-state index < -0.39 is 5.60 Å². The maximum Gasteiger partial charge on any atom is 0.307 e. The molecule has 3 fully saturated rings. The number of anilines is 1. The molecule has 1 unspecified atom stereocenters. The Morgan fingerprint density at radius 2 is 1.93 bits per heavy atom. The molecule has 152 valence electrons. The van der Waals surface area contributed by atoms with E-state index in [9.17, 15) is 9.59 Å². The first-order chi connectivity index (χ1) is 13.6. The van der Waals surface area contributed by atoms with Crippen LogP contribution < -0.4 is 5.32 Å². The molecule has 0 radical (unpaired) electrons. The molecule has 2 N–H and O–H groups in total. The first kappa shape index (κ1) is 20.3. The van der Waals surface area contributed by atoms with Gasteiger partial charge in [0.25, 0.3) is 6.47 Å². The molecule has 1 amide bonds. The molecule has 1 aliphatic carbocycles. The van der Waals surface area contributed by atoms with E-state index in [1.165, 1.54) is 18.4 Å². The van der Waals surface area contributed by atoms with Gasteiger partial charge in [-0.1, -0.05) is 12.1 Å². The Kier molecular flexibility index (Phi) is 6.67. The number of ether oxygens (including phenoxy) is 1. The summed E-state index contributed by atoms with van der Waals surface area (Å²) in [6.45, 7) is 2.99. The lowest BCUT2D eigenvalue weighted by Crippen LogP contribution is -2.39. The van der Waals surface area contributed by atoms with Crippen molar-refractivity contribution in [2.45, 2.75) is 57.1 Å². The van der Waals surface area contributed by atoms with Crippen LogP contribution in [0.25, 0.3) is 0 Å². The zero-order chi connectivity index (χ0) is 20.0. The number of benzene rings is 1. The highest BCUT2D eigenvalue weighted by Gasteiger charge is 2.53. The fraction of sp³-hybridized carbons (Fsp3) is 0.571. The molecule has 7 heteroatoms. The Labute approximate surface area is 165 Å². The Hall–Kier alpha value is -2.41. The molecule has 1 aromatic rings. The summed E-state index contributed by atoms with van der Waals surface area (Å²) in [6, 6.07) is 8.07. The molecule has 28 heavy (non-hydrogen) atoms. The summed E-state index contributed by atoms with van der Waals surface area (Å²) in [4.78, 5) is 35.4. The van der Waals surface area contributed by atoms with Crippen molar-refractivity contribution in [1.82, 2.24) is 4.90 Å². The number of likely N-dealkylation sites (tertiary alicyclic amines) is 1. The van der Waals surface area contributed by atoms with Crippen LogP contribution in [0.15, 0.2) is 24.3 Å². The molecule has 2 saturated heterocycles. The van der Waals surface area contributed by atoms with Crippen LogP contribution in [0.3, 0.4) is 0 Å². The minimum atomic E-state index is -0.547. The average molecular weight is 388 g/mol. The predicted octanol–water partition coefficient (Wildman–Crippen LogP) is 2.80. The lowest BCUT2D eigenvalue weighted by atomic mass is 9.85. The molecule has 4 rings (SSSR count). The maximum absolute atomic E-state index is 12.8. The van der Waals surface area contributed by atoms with Gasteiger partial charge in [0.2, 0.25) is 5.91 Å². The van der Waals surface area contributed by atoms with Crippen molar-refractivity contribution < 1.29 is 24.2 Å². The van der Waals surface area contributed by atoms with Crippen molar-refractivity contribution in [2.24, 2.45) is 5.92 Å². The summed E-state index contributed by atoms with van der Waals surface area (Å²) in [5.74, 6) is -0.666. The molecule has 1 atom stereocenters. The van der Waals surface area contributed by atoms with E-state index in [0.717, 1.165) is 51.0 Å². The van der Waals surface area contributed by atoms with Crippen molar-refractivity contribution in [3.63, 3.8) is 0 Å². The SMILES string of the molecule is O=C1CC(C(=O)Nc2cccc(CN3CCCC3)c2)C2(CCCC2)O1.O=CO. The summed E-state index contributed by atoms with van der Waals surface area (Å²) in [5.41, 5.74) is 1.48. The van der Waals surface area contributed by atoms with Gasteiger partial charge in [-0.05, 0) is 69.3 Å². The lowest BCUT2D eigenvalue weighted by Gasteiger charge is -2.28. The second-order valence-corrected chi connectivity index (χ2v) is 7.78. The molecule has 3 aliphatic rings. The van der Waals surface area contributed by atoms with E-state index in [0.29, 0.717) is 0 Å². The van der Waals surface area contributed by atoms with Crippen molar-refractivity contribution >= 4 is 24.0 Å². The summed E-state index contributed by atoms with van der Waals surface area (Å²) in [5, 5.41) is 9.92. The third kappa shape index (κ3) is 4.70. The third-order valence-corrected chi connectivity index (χ3v) is 5.89. The number of amides is 1. The molecular weight excluding hydrogens is 360 g/mol. The molecule has 0 aromatic heterocycles. The monoisotopic (exact) mass is 388 g/mol. The van der Waals surface area contributed by atoms with Crippen LogP contribution in [-0.4, -0.2) is 47.0 Å². The number of hydrogen-bond acceptors (Lipinski definition) is 5. The van der Waals surface area contributed by atoms with Crippen LogP contribution >= 0.6 is 0 Å². The maximum atomic E-state index is 12.8. The van der Waals surface area contributed by atoms with Crippen LogP contribution in [0, 0.1) is 5.92 Å². The van der Waals surface area contributed by atoms with E-state index >= 15 is 0 Å². The summed E-state index contributed by atoms with van der Waals surface area (Å²) < 4.78 is 5.59. The Morgan fingerprint density at radius 3 is 2.61 bits per heavy atom. The van der Waals surface area contributed by atoms with Gasteiger partial charge in [-0.2, -0.15) is 0 Å². The largest absolute Gasteiger partial charge is 0.483 e. The van der Waals surface area contributed by atoms with Crippen LogP contribution in [0.5, 0.6) is 0 Å². The molecule has 7 nitrogen and oxygen atoms in total. The Morgan fingerprint density at radius 1 is 1.25 bits per heavy atom. The number of rotatable bonds is 4. The highest BCUT2D eigenvalue weighted by Crippen LogP contribution is 2.45. The normalized spacial score (nSPS) is 23.1. The van der Waals surface area contributed by atoms with Gasteiger partial charge < -0.3 is 15.2 Å². The van der Waals surface area contributed by atoms with E-state index in [2.05, 4.69) is 22.3 Å². The molecule has 2 heterocycles. The number of nitrogens with one attached hydrogen (secondary N) is 1. The number of nitrogens with zero attached hydrogens (tertiary/aromatic N) is 1. The van der Waals surface area contributed by atoms with Crippen LogP contribution in [-0.2, 0) is 25.7 Å². The molecule has 1 spiro atoms. The minimum Gasteiger partial charge on any atom is -0.483 e. The van der Waals surface area contributed by atoms with E-state index in [1.54, 1.807) is 0 Å². The smallest absolute Gasteiger partial charge is 0.307 e. The number of esters is 1. The first-order valence-electron chi connectivity index (χ1n) is 9.98. The molecule has 0 bridgehead atoms. The van der Waals surface area contributed by atoms with Gasteiger partial charge in [0.1, 0.15) is 5.60 Å². The van der Waals surface area contributed by atoms with Gasteiger partial charge in [-0.25, -0.2) is 0 Å². The summed E-state index contributed by atoms with van der Waals surface area (Å²) in [7, 11) is 0. The van der Waals surface area contributed by atoms with Crippen molar-refractivity contribution in [3.05, 3.63) is 29.8 Å². The molecule has 2 aliphatic heterocycles. The highest BCUT2D eigenvalue weighted by atomic mass is 16.6. The first-order valence-corrected chi connectivity index (χ1v) is 9.98. The zero-order valence-corrected chi connectivity index (χ0v) is 16.1. The van der Waals surface area contributed by atoms with Gasteiger partial charge in [-0.15, -0.1) is 0 Å². The average Bonchev–Trinajstić information content (AvgIpc) is 3.39. The van der Waals surface area contributed by atoms with Gasteiger partial charge in [0.15, 0.2) is 0 Å². The summed E-state index contributed by atoms with van der Waals surface area (Å²) >= 11 is 0. The molecular formula is C21H28N2O5. The summed E-state index contributed by atoms with van der Waals surface area (Å²) in [6.07, 6.45) is 6.43. The van der Waals surface area contributed by atoms with Crippen LogP contribution in [0.4, 0.5) is 5.69 Å². The van der Waals surface area contributed by atoms with Gasteiger partial charge in [-0.3, -0.25) is 19.3 Å². The fourth-order valence-electron chi connectivity index (χ4n) is 4.62. The van der Waals surface area contributed by atoms with Crippen molar-refractivity contribution in [1.29, 1.82) is 0 Å². The highest BCUT2D eigenvalue weighted by molar-refractivity contribution is 5.97. The zero-order valence-electron chi connectivity index (χ0n) is 16.1. The Balaban J connectivity index is 0.000000706. The number of carbonyl (C=O) groups excluding carboxylic acids is 2. The lowest BCUT2D eigenvalue weighted by molar-refractivity contribution is -0.149. The van der Waals surface area contributed by atoms with Crippen LogP contribution in [0.1, 0.15) is 50.5 Å². The minimum absolute atomic E-state index is 0.0777.